The lowest BCUT2D eigenvalue weighted by atomic mass is 10.2. The Morgan fingerprint density at radius 2 is 2.17 bits per heavy atom. The third-order valence-corrected chi connectivity index (χ3v) is 1.21. The molecule has 1 N–H and O–H groups in total. The number of aromatic hydroxyl groups is 1. The molecule has 0 aromatic heterocycles. The Morgan fingerprint density at radius 1 is 1.42 bits per heavy atom. The highest BCUT2D eigenvalue weighted by Gasteiger charge is 1.98. The van der Waals surface area contributed by atoms with Crippen LogP contribution in [0.5, 0.6) is 5.75 Å². The molecule has 0 fully saturated rings. The van der Waals surface area contributed by atoms with Gasteiger partial charge < -0.3 is 5.11 Å². The maximum absolute atomic E-state index is 12.5. The number of halogens is 1. The van der Waals surface area contributed by atoms with Crippen molar-refractivity contribution in [2.75, 3.05) is 0 Å². The smallest absolute Gasteiger partial charge is 0.152 e. The average molecular weight is 161 g/mol. The highest BCUT2D eigenvalue weighted by atomic mass is 19.1. The molecule has 0 aliphatic heterocycles. The van der Waals surface area contributed by atoms with Gasteiger partial charge in [0.1, 0.15) is 11.6 Å². The number of nitrogens with zero attached hydrogens (tertiary/aromatic N) is 1. The van der Waals surface area contributed by atoms with E-state index in [0.717, 1.165) is 12.1 Å². The van der Waals surface area contributed by atoms with Crippen LogP contribution < -0.4 is 0 Å². The summed E-state index contributed by atoms with van der Waals surface area (Å²) in [6.07, 6.45) is 0. The Bertz CT molecular complexity index is 395. The summed E-state index contributed by atoms with van der Waals surface area (Å²) in [7, 11) is 0. The van der Waals surface area contributed by atoms with E-state index in [2.05, 4.69) is 11.8 Å². The molecule has 0 radical (unpaired) electrons. The lowest BCUT2D eigenvalue weighted by Gasteiger charge is -1.94. The molecule has 0 saturated carbocycles. The number of hydrogen-bond acceptors (Lipinski definition) is 2. The largest absolute Gasteiger partial charge is 0.507 e. The van der Waals surface area contributed by atoms with Crippen LogP contribution in [0.2, 0.25) is 0 Å². The Balaban J connectivity index is 3.16. The molecule has 1 aromatic rings. The number of phenols is 1. The zero-order valence-corrected chi connectivity index (χ0v) is 6.00. The molecule has 1 rings (SSSR count). The van der Waals surface area contributed by atoms with Crippen molar-refractivity contribution in [2.45, 2.75) is 0 Å². The van der Waals surface area contributed by atoms with E-state index < -0.39 is 5.82 Å². The maximum atomic E-state index is 12.5. The van der Waals surface area contributed by atoms with Gasteiger partial charge in [-0.3, -0.25) is 0 Å². The quantitative estimate of drug-likeness (QED) is 0.584. The van der Waals surface area contributed by atoms with Crippen molar-refractivity contribution in [1.29, 1.82) is 5.26 Å². The minimum Gasteiger partial charge on any atom is -0.507 e. The Hall–Kier alpha value is -2.00. The second-order valence-electron chi connectivity index (χ2n) is 2.02. The molecule has 1 aromatic carbocycles. The molecule has 0 spiro atoms. The molecule has 0 amide bonds. The lowest BCUT2D eigenvalue weighted by Crippen LogP contribution is -1.79. The molecule has 58 valence electrons. The van der Waals surface area contributed by atoms with Crippen LogP contribution in [0.3, 0.4) is 0 Å². The standard InChI is InChI=1S/C9H4FNO/c10-8-3-4-9(12)7(6-8)2-1-5-11/h3-4,6,12H. The molecular formula is C9H4FNO. The predicted molar refractivity (Wildman–Crippen MR) is 40.6 cm³/mol. The van der Waals surface area contributed by atoms with Crippen LogP contribution in [0.4, 0.5) is 4.39 Å². The normalized spacial score (nSPS) is 8.00. The van der Waals surface area contributed by atoms with Crippen LogP contribution in [0, 0.1) is 29.0 Å². The van der Waals surface area contributed by atoms with Gasteiger partial charge >= 0.3 is 0 Å². The number of phenolic OH excluding ortho intramolecular Hbond substituents is 1. The molecule has 0 bridgehead atoms. The van der Waals surface area contributed by atoms with E-state index in [4.69, 9.17) is 10.4 Å². The molecule has 0 aliphatic rings. The van der Waals surface area contributed by atoms with Crippen LogP contribution in [-0.2, 0) is 0 Å². The van der Waals surface area contributed by atoms with Gasteiger partial charge in [0, 0.05) is 5.92 Å². The zero-order valence-electron chi connectivity index (χ0n) is 6.00. The van der Waals surface area contributed by atoms with E-state index in [0.29, 0.717) is 0 Å². The van der Waals surface area contributed by atoms with Crippen molar-refractivity contribution < 1.29 is 9.50 Å². The van der Waals surface area contributed by atoms with Gasteiger partial charge in [0.05, 0.1) is 5.56 Å². The fraction of sp³-hybridized carbons (Fsp3) is 0. The Labute approximate surface area is 68.9 Å². The number of benzene rings is 1. The van der Waals surface area contributed by atoms with Gasteiger partial charge in [-0.15, -0.1) is 0 Å². The molecule has 12 heavy (non-hydrogen) atoms. The number of rotatable bonds is 0. The van der Waals surface area contributed by atoms with E-state index in [9.17, 15) is 4.39 Å². The summed E-state index contributed by atoms with van der Waals surface area (Å²) in [5.74, 6) is 3.75. The van der Waals surface area contributed by atoms with E-state index in [1.54, 1.807) is 6.07 Å². The van der Waals surface area contributed by atoms with Gasteiger partial charge in [0.25, 0.3) is 0 Å². The van der Waals surface area contributed by atoms with Gasteiger partial charge in [-0.2, -0.15) is 5.26 Å². The van der Waals surface area contributed by atoms with Crippen molar-refractivity contribution in [3.63, 3.8) is 0 Å². The summed E-state index contributed by atoms with van der Waals surface area (Å²) >= 11 is 0. The minimum absolute atomic E-state index is 0.122. The first kappa shape index (κ1) is 8.10. The van der Waals surface area contributed by atoms with Crippen LogP contribution in [0.25, 0.3) is 0 Å². The van der Waals surface area contributed by atoms with Crippen LogP contribution >= 0.6 is 0 Å². The van der Waals surface area contributed by atoms with Gasteiger partial charge in [-0.25, -0.2) is 4.39 Å². The summed E-state index contributed by atoms with van der Waals surface area (Å²) in [5, 5.41) is 17.2. The maximum Gasteiger partial charge on any atom is 0.152 e. The van der Waals surface area contributed by atoms with E-state index in [-0.39, 0.29) is 11.3 Å². The summed E-state index contributed by atoms with van der Waals surface area (Å²) < 4.78 is 12.5. The predicted octanol–water partition coefficient (Wildman–Crippen LogP) is 1.41. The highest BCUT2D eigenvalue weighted by Crippen LogP contribution is 2.15. The molecule has 0 aliphatic carbocycles. The van der Waals surface area contributed by atoms with Crippen LogP contribution in [-0.4, -0.2) is 5.11 Å². The molecule has 0 heterocycles. The first-order valence-corrected chi connectivity index (χ1v) is 3.12. The lowest BCUT2D eigenvalue weighted by molar-refractivity contribution is 0.471. The zero-order chi connectivity index (χ0) is 8.97. The van der Waals surface area contributed by atoms with E-state index >= 15 is 0 Å². The van der Waals surface area contributed by atoms with Gasteiger partial charge in [0.15, 0.2) is 6.07 Å². The molecule has 0 atom stereocenters. The molecule has 0 unspecified atom stereocenters. The van der Waals surface area contributed by atoms with Crippen LogP contribution in [0.15, 0.2) is 18.2 Å². The highest BCUT2D eigenvalue weighted by molar-refractivity contribution is 5.46. The third-order valence-electron chi connectivity index (χ3n) is 1.21. The van der Waals surface area contributed by atoms with Crippen molar-refractivity contribution in [3.05, 3.63) is 29.6 Å². The van der Waals surface area contributed by atoms with Crippen molar-refractivity contribution in [1.82, 2.24) is 0 Å². The number of nitriles is 1. The van der Waals surface area contributed by atoms with E-state index in [1.165, 1.54) is 6.07 Å². The Morgan fingerprint density at radius 3 is 2.83 bits per heavy atom. The summed E-state index contributed by atoms with van der Waals surface area (Å²) in [4.78, 5) is 0. The van der Waals surface area contributed by atoms with E-state index in [1.807, 2.05) is 0 Å². The average Bonchev–Trinajstić information content (AvgIpc) is 2.07. The second kappa shape index (κ2) is 3.41. The number of hydrogen-bond donors (Lipinski definition) is 1. The summed E-state index contributed by atoms with van der Waals surface area (Å²) in [6.45, 7) is 0. The topological polar surface area (TPSA) is 44.0 Å². The third kappa shape index (κ3) is 1.74. The second-order valence-corrected chi connectivity index (χ2v) is 2.02. The first-order chi connectivity index (χ1) is 5.74. The fourth-order valence-electron chi connectivity index (χ4n) is 0.704. The van der Waals surface area contributed by atoms with Gasteiger partial charge in [0.2, 0.25) is 0 Å². The minimum atomic E-state index is -0.491. The van der Waals surface area contributed by atoms with Gasteiger partial charge in [-0.1, -0.05) is 0 Å². The fourth-order valence-corrected chi connectivity index (χ4v) is 0.704. The Kier molecular flexibility index (Phi) is 2.30. The monoisotopic (exact) mass is 161 g/mol. The van der Waals surface area contributed by atoms with Crippen molar-refractivity contribution >= 4 is 0 Å². The van der Waals surface area contributed by atoms with Crippen LogP contribution in [0.1, 0.15) is 5.56 Å². The summed E-state index contributed by atoms with van der Waals surface area (Å²) in [6, 6.07) is 4.95. The first-order valence-electron chi connectivity index (χ1n) is 3.12. The molecule has 3 heteroatoms. The summed E-state index contributed by atoms with van der Waals surface area (Å²) in [5.41, 5.74) is 0.122. The van der Waals surface area contributed by atoms with Gasteiger partial charge in [-0.05, 0) is 24.1 Å². The van der Waals surface area contributed by atoms with Crippen molar-refractivity contribution in [2.24, 2.45) is 0 Å². The molecule has 2 nitrogen and oxygen atoms in total. The van der Waals surface area contributed by atoms with Crippen molar-refractivity contribution in [3.8, 4) is 23.7 Å². The SMILES string of the molecule is N#CC#Cc1cc(F)ccc1O. The molecule has 0 saturated heterocycles. The molecular weight excluding hydrogens is 157 g/mol.